The predicted molar refractivity (Wildman–Crippen MR) is 84.1 cm³/mol. The van der Waals surface area contributed by atoms with Gasteiger partial charge in [-0.3, -0.25) is 4.90 Å². The molecule has 3 rings (SSSR count). The number of para-hydroxylation sites is 1. The third-order valence-corrected chi connectivity index (χ3v) is 4.45. The van der Waals surface area contributed by atoms with Crippen LogP contribution in [-0.4, -0.2) is 46.0 Å². The zero-order valence-electron chi connectivity index (χ0n) is 12.4. The third-order valence-electron chi connectivity index (χ3n) is 4.45. The highest BCUT2D eigenvalue weighted by Crippen LogP contribution is 2.25. The number of hydrogen-bond donors (Lipinski definition) is 2. The average Bonchev–Trinajstić information content (AvgIpc) is 3.11. The van der Waals surface area contributed by atoms with Gasteiger partial charge in [-0.05, 0) is 36.9 Å². The van der Waals surface area contributed by atoms with E-state index < -0.39 is 0 Å². The van der Waals surface area contributed by atoms with Crippen molar-refractivity contribution < 1.29 is 10.2 Å². The normalized spacial score (nSPS) is 19.6. The molecule has 1 fully saturated rings. The van der Waals surface area contributed by atoms with Crippen molar-refractivity contribution in [1.29, 1.82) is 0 Å². The van der Waals surface area contributed by atoms with Crippen molar-refractivity contribution in [3.63, 3.8) is 0 Å². The topological polar surface area (TPSA) is 48.6 Å². The molecule has 0 radical (unpaired) electrons. The zero-order valence-corrected chi connectivity index (χ0v) is 12.4. The summed E-state index contributed by atoms with van der Waals surface area (Å²) in [6.45, 7) is 4.40. The minimum atomic E-state index is 0.228. The van der Waals surface area contributed by atoms with Gasteiger partial charge in [0, 0.05) is 49.9 Å². The molecular formula is C17H24N2O2. The first-order valence-corrected chi connectivity index (χ1v) is 7.82. The van der Waals surface area contributed by atoms with Crippen molar-refractivity contribution in [3.05, 3.63) is 36.0 Å². The highest BCUT2D eigenvalue weighted by Gasteiger charge is 2.22. The zero-order chi connectivity index (χ0) is 14.7. The van der Waals surface area contributed by atoms with Crippen LogP contribution in [0.1, 0.15) is 18.4 Å². The molecule has 0 unspecified atom stereocenters. The number of nitrogens with zero attached hydrogens (tertiary/aromatic N) is 2. The lowest BCUT2D eigenvalue weighted by Crippen LogP contribution is -2.20. The van der Waals surface area contributed by atoms with Gasteiger partial charge in [0.05, 0.1) is 0 Å². The Labute approximate surface area is 125 Å². The molecule has 2 heterocycles. The molecule has 21 heavy (non-hydrogen) atoms. The number of hydrogen-bond acceptors (Lipinski definition) is 3. The van der Waals surface area contributed by atoms with Gasteiger partial charge in [-0.1, -0.05) is 18.2 Å². The van der Waals surface area contributed by atoms with Crippen molar-refractivity contribution in [2.45, 2.75) is 25.9 Å². The standard InChI is InChI=1S/C17H24N2O2/c20-9-3-7-19-12-15(16-4-1-2-5-17(16)19)11-18-8-6-14(10-18)13-21/h1-2,4-5,12,14,20-21H,3,6-11,13H2/t14-/m1/s1. The van der Waals surface area contributed by atoms with E-state index in [9.17, 15) is 5.11 Å². The van der Waals surface area contributed by atoms with E-state index in [4.69, 9.17) is 5.11 Å². The Morgan fingerprint density at radius 3 is 2.81 bits per heavy atom. The number of fused-ring (bicyclic) bond motifs is 1. The quantitative estimate of drug-likeness (QED) is 0.852. The summed E-state index contributed by atoms with van der Waals surface area (Å²) in [5, 5.41) is 19.6. The van der Waals surface area contributed by atoms with Gasteiger partial charge >= 0.3 is 0 Å². The van der Waals surface area contributed by atoms with Crippen LogP contribution in [-0.2, 0) is 13.1 Å². The van der Waals surface area contributed by atoms with Crippen LogP contribution in [0.3, 0.4) is 0 Å². The summed E-state index contributed by atoms with van der Waals surface area (Å²) in [6.07, 6.45) is 4.11. The van der Waals surface area contributed by atoms with Gasteiger partial charge in [0.15, 0.2) is 0 Å². The first-order chi connectivity index (χ1) is 10.3. The molecular weight excluding hydrogens is 264 g/mol. The first-order valence-electron chi connectivity index (χ1n) is 7.82. The van der Waals surface area contributed by atoms with E-state index in [1.807, 2.05) is 0 Å². The fourth-order valence-corrected chi connectivity index (χ4v) is 3.32. The molecule has 0 bridgehead atoms. The number of aromatic nitrogens is 1. The summed E-state index contributed by atoms with van der Waals surface area (Å²) in [4.78, 5) is 2.43. The SMILES string of the molecule is OCCCn1cc(CN2CC[C@@H](CO)C2)c2ccccc21. The number of rotatable bonds is 6. The fraction of sp³-hybridized carbons (Fsp3) is 0.529. The lowest BCUT2D eigenvalue weighted by Gasteiger charge is -2.14. The van der Waals surface area contributed by atoms with Crippen LogP contribution in [0, 0.1) is 5.92 Å². The van der Waals surface area contributed by atoms with E-state index in [-0.39, 0.29) is 6.61 Å². The van der Waals surface area contributed by atoms with E-state index in [0.29, 0.717) is 12.5 Å². The lowest BCUT2D eigenvalue weighted by molar-refractivity contribution is 0.220. The molecule has 4 nitrogen and oxygen atoms in total. The van der Waals surface area contributed by atoms with Gasteiger partial charge in [-0.2, -0.15) is 0 Å². The Morgan fingerprint density at radius 1 is 1.19 bits per heavy atom. The second-order valence-corrected chi connectivity index (χ2v) is 6.01. The van der Waals surface area contributed by atoms with Crippen LogP contribution in [0.5, 0.6) is 0 Å². The summed E-state index contributed by atoms with van der Waals surface area (Å²) in [7, 11) is 0. The predicted octanol–water partition coefficient (Wildman–Crippen LogP) is 1.84. The molecule has 0 aliphatic carbocycles. The molecule has 1 aliphatic rings. The molecule has 0 amide bonds. The van der Waals surface area contributed by atoms with Gasteiger partial charge in [-0.15, -0.1) is 0 Å². The van der Waals surface area contributed by atoms with E-state index in [0.717, 1.165) is 39.0 Å². The van der Waals surface area contributed by atoms with Crippen LogP contribution in [0.25, 0.3) is 10.9 Å². The lowest BCUT2D eigenvalue weighted by atomic mass is 10.1. The summed E-state index contributed by atoms with van der Waals surface area (Å²) in [5.41, 5.74) is 2.60. The van der Waals surface area contributed by atoms with Gasteiger partial charge in [0.25, 0.3) is 0 Å². The smallest absolute Gasteiger partial charge is 0.0483 e. The van der Waals surface area contributed by atoms with Gasteiger partial charge in [0.1, 0.15) is 0 Å². The number of aliphatic hydroxyl groups is 2. The maximum absolute atomic E-state index is 9.27. The molecule has 1 aliphatic heterocycles. The second-order valence-electron chi connectivity index (χ2n) is 6.01. The number of likely N-dealkylation sites (tertiary alicyclic amines) is 1. The fourth-order valence-electron chi connectivity index (χ4n) is 3.32. The van der Waals surface area contributed by atoms with E-state index in [1.54, 1.807) is 0 Å². The Hall–Kier alpha value is -1.36. The first kappa shape index (κ1) is 14.6. The van der Waals surface area contributed by atoms with Crippen molar-refractivity contribution in [3.8, 4) is 0 Å². The average molecular weight is 288 g/mol. The molecule has 2 N–H and O–H groups in total. The minimum Gasteiger partial charge on any atom is -0.396 e. The molecule has 0 spiro atoms. The summed E-state index contributed by atoms with van der Waals surface area (Å²) in [6, 6.07) is 8.48. The largest absolute Gasteiger partial charge is 0.396 e. The Morgan fingerprint density at radius 2 is 2.05 bits per heavy atom. The maximum Gasteiger partial charge on any atom is 0.0483 e. The Balaban J connectivity index is 1.81. The van der Waals surface area contributed by atoms with Crippen LogP contribution in [0.4, 0.5) is 0 Å². The number of aliphatic hydroxyl groups excluding tert-OH is 2. The molecule has 114 valence electrons. The summed E-state index contributed by atoms with van der Waals surface area (Å²) >= 11 is 0. The van der Waals surface area contributed by atoms with E-state index in [1.165, 1.54) is 16.5 Å². The van der Waals surface area contributed by atoms with Crippen LogP contribution >= 0.6 is 0 Å². The molecule has 0 saturated carbocycles. The van der Waals surface area contributed by atoms with Gasteiger partial charge in [-0.25, -0.2) is 0 Å². The number of benzene rings is 1. The molecule has 1 saturated heterocycles. The summed E-state index contributed by atoms with van der Waals surface area (Å²) in [5.74, 6) is 0.438. The van der Waals surface area contributed by atoms with Crippen molar-refractivity contribution in [2.24, 2.45) is 5.92 Å². The monoisotopic (exact) mass is 288 g/mol. The van der Waals surface area contributed by atoms with Crippen LogP contribution < -0.4 is 0 Å². The van der Waals surface area contributed by atoms with Crippen molar-refractivity contribution in [1.82, 2.24) is 9.47 Å². The highest BCUT2D eigenvalue weighted by molar-refractivity contribution is 5.83. The van der Waals surface area contributed by atoms with Gasteiger partial charge < -0.3 is 14.8 Å². The molecule has 2 aromatic rings. The minimum absolute atomic E-state index is 0.228. The van der Waals surface area contributed by atoms with Crippen molar-refractivity contribution >= 4 is 10.9 Å². The Kier molecular flexibility index (Phi) is 4.58. The molecule has 1 aromatic carbocycles. The third kappa shape index (κ3) is 3.12. The maximum atomic E-state index is 9.27. The van der Waals surface area contributed by atoms with Gasteiger partial charge in [0.2, 0.25) is 0 Å². The summed E-state index contributed by atoms with van der Waals surface area (Å²) < 4.78 is 2.25. The van der Waals surface area contributed by atoms with Crippen LogP contribution in [0.15, 0.2) is 30.5 Å². The molecule has 1 aromatic heterocycles. The second kappa shape index (κ2) is 6.60. The van der Waals surface area contributed by atoms with E-state index in [2.05, 4.69) is 39.9 Å². The highest BCUT2D eigenvalue weighted by atomic mass is 16.3. The van der Waals surface area contributed by atoms with Crippen molar-refractivity contribution in [2.75, 3.05) is 26.3 Å². The van der Waals surface area contributed by atoms with E-state index >= 15 is 0 Å². The molecule has 1 atom stereocenters. The number of aryl methyl sites for hydroxylation is 1. The molecule has 4 heteroatoms. The Bertz CT molecular complexity index is 593. The van der Waals surface area contributed by atoms with Crippen LogP contribution in [0.2, 0.25) is 0 Å².